The summed E-state index contributed by atoms with van der Waals surface area (Å²) in [4.78, 5) is 0. The van der Waals surface area contributed by atoms with Gasteiger partial charge in [0.25, 0.3) is 0 Å². The van der Waals surface area contributed by atoms with Crippen LogP contribution in [0.4, 0.5) is 0 Å². The van der Waals surface area contributed by atoms with Crippen molar-refractivity contribution in [3.05, 3.63) is 63.7 Å². The molecule has 2 fully saturated rings. The van der Waals surface area contributed by atoms with Gasteiger partial charge >= 0.3 is 17.1 Å². The van der Waals surface area contributed by atoms with Crippen LogP contribution in [0, 0.1) is 63.7 Å². The summed E-state index contributed by atoms with van der Waals surface area (Å²) in [6.07, 6.45) is 17.3. The van der Waals surface area contributed by atoms with E-state index in [1.807, 2.05) is 57.8 Å². The summed E-state index contributed by atoms with van der Waals surface area (Å²) >= 11 is 0. The molecule has 0 heterocycles. The normalized spacial score (nSPS) is 23.6. The second kappa shape index (κ2) is 8.76. The summed E-state index contributed by atoms with van der Waals surface area (Å²) in [5, 5.41) is 8.91. The summed E-state index contributed by atoms with van der Waals surface area (Å²) in [6.45, 7) is 1.76. The first kappa shape index (κ1) is 14.5. The Morgan fingerprint density at radius 3 is 1.43 bits per heavy atom. The Morgan fingerprint density at radius 2 is 1.21 bits per heavy atom. The molecule has 0 saturated heterocycles. The minimum Gasteiger partial charge on any atom is -0.393 e. The average molecular weight is 230 g/mol. The SMILES string of the molecule is C[C@@H](O)[C]1[CH][CH][CH][CH]1.[CH]1[CH][CH][CH][CH]1.[Fe+2]. The van der Waals surface area contributed by atoms with Gasteiger partial charge in [-0.05, 0) is 64.7 Å². The molecule has 0 aliphatic heterocycles. The molecule has 0 aromatic heterocycles. The Balaban J connectivity index is 0.000000246. The van der Waals surface area contributed by atoms with Crippen LogP contribution < -0.4 is 0 Å². The Kier molecular flexibility index (Phi) is 9.06. The molecule has 2 saturated carbocycles. The molecule has 2 heteroatoms. The predicted molar refractivity (Wildman–Crippen MR) is 53.6 cm³/mol. The largest absolute Gasteiger partial charge is 2.00 e. The smallest absolute Gasteiger partial charge is 0.393 e. The second-order valence-electron chi connectivity index (χ2n) is 2.86. The van der Waals surface area contributed by atoms with Crippen LogP contribution in [0.3, 0.4) is 0 Å². The van der Waals surface area contributed by atoms with E-state index in [9.17, 15) is 0 Å². The van der Waals surface area contributed by atoms with Crippen LogP contribution in [0.2, 0.25) is 0 Å². The molecular weight excluding hydrogens is 216 g/mol. The standard InChI is InChI=1S/C7H9O.C5H5.Fe/c1-6(8)7-4-2-3-5-7;1-2-4-5-3-1;/h2-6,8H,1H3;1-5H;/q;;+2/t6-;;/m1../s1. The van der Waals surface area contributed by atoms with E-state index in [0.29, 0.717) is 0 Å². The van der Waals surface area contributed by atoms with Gasteiger partial charge in [-0.15, -0.1) is 0 Å². The summed E-state index contributed by atoms with van der Waals surface area (Å²) in [6, 6.07) is 0. The maximum atomic E-state index is 8.91. The molecule has 2 aliphatic rings. The first-order valence-corrected chi connectivity index (χ1v) is 4.37. The van der Waals surface area contributed by atoms with Crippen molar-refractivity contribution in [2.45, 2.75) is 13.0 Å². The fourth-order valence-corrected chi connectivity index (χ4v) is 0.988. The Hall–Kier alpha value is 0.479. The average Bonchev–Trinajstić information content (AvgIpc) is 2.82. The van der Waals surface area contributed by atoms with Gasteiger partial charge in [0.1, 0.15) is 0 Å². The Bertz CT molecular complexity index is 108. The van der Waals surface area contributed by atoms with Crippen LogP contribution in [0.5, 0.6) is 0 Å². The van der Waals surface area contributed by atoms with Gasteiger partial charge in [-0.1, -0.05) is 0 Å². The molecule has 0 aromatic rings. The molecule has 2 aliphatic carbocycles. The van der Waals surface area contributed by atoms with Crippen molar-refractivity contribution in [2.24, 2.45) is 0 Å². The van der Waals surface area contributed by atoms with Crippen LogP contribution in [0.25, 0.3) is 0 Å². The predicted octanol–water partition coefficient (Wildman–Crippen LogP) is 1.79. The van der Waals surface area contributed by atoms with Crippen molar-refractivity contribution in [1.82, 2.24) is 0 Å². The summed E-state index contributed by atoms with van der Waals surface area (Å²) < 4.78 is 0. The van der Waals surface area contributed by atoms with Crippen LogP contribution in [-0.2, 0) is 17.1 Å². The van der Waals surface area contributed by atoms with Crippen LogP contribution in [0.1, 0.15) is 6.92 Å². The minimum absolute atomic E-state index is 0. The maximum absolute atomic E-state index is 8.91. The van der Waals surface area contributed by atoms with Gasteiger partial charge < -0.3 is 5.11 Å². The monoisotopic (exact) mass is 230 g/mol. The van der Waals surface area contributed by atoms with Crippen molar-refractivity contribution < 1.29 is 22.2 Å². The first-order valence-electron chi connectivity index (χ1n) is 4.37. The molecule has 1 atom stereocenters. The summed E-state index contributed by atoms with van der Waals surface area (Å²) in [5.41, 5.74) is 0. The third kappa shape index (κ3) is 6.06. The third-order valence-electron chi connectivity index (χ3n) is 1.73. The van der Waals surface area contributed by atoms with Gasteiger partial charge in [-0.25, -0.2) is 0 Å². The van der Waals surface area contributed by atoms with Gasteiger partial charge in [0.2, 0.25) is 0 Å². The van der Waals surface area contributed by atoms with Gasteiger partial charge in [-0.3, -0.25) is 0 Å². The Labute approximate surface area is 99.1 Å². The molecule has 0 bridgehead atoms. The van der Waals surface area contributed by atoms with Crippen molar-refractivity contribution in [2.75, 3.05) is 0 Å². The second-order valence-corrected chi connectivity index (χ2v) is 2.86. The van der Waals surface area contributed by atoms with Crippen molar-refractivity contribution in [1.29, 1.82) is 0 Å². The van der Waals surface area contributed by atoms with E-state index >= 15 is 0 Å². The van der Waals surface area contributed by atoms with Crippen molar-refractivity contribution >= 4 is 0 Å². The van der Waals surface area contributed by atoms with Crippen LogP contribution >= 0.6 is 0 Å². The van der Waals surface area contributed by atoms with E-state index in [4.69, 9.17) is 5.11 Å². The fraction of sp³-hybridized carbons (Fsp3) is 0.167. The molecule has 0 unspecified atom stereocenters. The number of hydrogen-bond acceptors (Lipinski definition) is 1. The van der Waals surface area contributed by atoms with Gasteiger partial charge in [0.05, 0.1) is 6.10 Å². The first-order chi connectivity index (χ1) is 6.30. The van der Waals surface area contributed by atoms with E-state index in [-0.39, 0.29) is 23.2 Å². The zero-order valence-corrected chi connectivity index (χ0v) is 9.18. The van der Waals surface area contributed by atoms with Gasteiger partial charge in [0, 0.05) is 5.92 Å². The minimum atomic E-state index is -0.315. The number of rotatable bonds is 1. The van der Waals surface area contributed by atoms with E-state index < -0.39 is 0 Å². The molecular formula is C12H14FeO+2. The van der Waals surface area contributed by atoms with E-state index in [1.165, 1.54) is 0 Å². The van der Waals surface area contributed by atoms with E-state index in [1.54, 1.807) is 6.92 Å². The van der Waals surface area contributed by atoms with Gasteiger partial charge in [0.15, 0.2) is 0 Å². The number of hydrogen-bond donors (Lipinski definition) is 1. The fourth-order valence-electron chi connectivity index (χ4n) is 0.988. The van der Waals surface area contributed by atoms with E-state index in [0.717, 1.165) is 5.92 Å². The summed E-state index contributed by atoms with van der Waals surface area (Å²) in [5.74, 6) is 0.991. The zero-order chi connectivity index (χ0) is 9.52. The molecule has 1 N–H and O–H groups in total. The van der Waals surface area contributed by atoms with Crippen LogP contribution in [-0.4, -0.2) is 11.2 Å². The van der Waals surface area contributed by atoms with E-state index in [2.05, 4.69) is 0 Å². The molecule has 10 radical (unpaired) electrons. The number of aliphatic hydroxyl groups excluding tert-OH is 1. The Morgan fingerprint density at radius 1 is 0.857 bits per heavy atom. The molecule has 0 aromatic carbocycles. The molecule has 0 spiro atoms. The number of aliphatic hydroxyl groups is 1. The molecule has 0 amide bonds. The van der Waals surface area contributed by atoms with Crippen molar-refractivity contribution in [3.8, 4) is 0 Å². The molecule has 2 rings (SSSR count). The summed E-state index contributed by atoms with van der Waals surface area (Å²) in [7, 11) is 0. The molecule has 74 valence electrons. The topological polar surface area (TPSA) is 20.2 Å². The van der Waals surface area contributed by atoms with Crippen LogP contribution in [0.15, 0.2) is 0 Å². The van der Waals surface area contributed by atoms with Gasteiger partial charge in [-0.2, -0.15) is 0 Å². The molecule has 1 nitrogen and oxygen atoms in total. The molecule has 14 heavy (non-hydrogen) atoms. The van der Waals surface area contributed by atoms with Crippen molar-refractivity contribution in [3.63, 3.8) is 0 Å². The maximum Gasteiger partial charge on any atom is 2.00 e. The quantitative estimate of drug-likeness (QED) is 0.681. The third-order valence-corrected chi connectivity index (χ3v) is 1.73. The zero-order valence-electron chi connectivity index (χ0n) is 8.07.